The largest absolute Gasteiger partial charge is 0.464 e. The summed E-state index contributed by atoms with van der Waals surface area (Å²) in [5, 5.41) is 5.43. The highest BCUT2D eigenvalue weighted by molar-refractivity contribution is 7.98. The highest BCUT2D eigenvalue weighted by atomic mass is 35.5. The van der Waals surface area contributed by atoms with E-state index >= 15 is 0 Å². The van der Waals surface area contributed by atoms with Crippen LogP contribution in [0.25, 0.3) is 5.65 Å². The third-order valence-electron chi connectivity index (χ3n) is 2.73. The van der Waals surface area contributed by atoms with E-state index in [4.69, 9.17) is 16.3 Å². The van der Waals surface area contributed by atoms with Gasteiger partial charge in [-0.2, -0.15) is 9.50 Å². The molecular weight excluding hydrogens is 308 g/mol. The van der Waals surface area contributed by atoms with Gasteiger partial charge < -0.3 is 4.74 Å². The van der Waals surface area contributed by atoms with E-state index in [2.05, 4.69) is 27.2 Å². The molecule has 0 aliphatic carbocycles. The van der Waals surface area contributed by atoms with Crippen LogP contribution in [0.15, 0.2) is 41.6 Å². The van der Waals surface area contributed by atoms with Crippen molar-refractivity contribution in [2.45, 2.75) is 17.8 Å². The van der Waals surface area contributed by atoms with E-state index in [9.17, 15) is 0 Å². The van der Waals surface area contributed by atoms with Gasteiger partial charge in [0.1, 0.15) is 5.15 Å². The van der Waals surface area contributed by atoms with Gasteiger partial charge in [-0.3, -0.25) is 0 Å². The summed E-state index contributed by atoms with van der Waals surface area (Å²) in [6.45, 7) is 2.38. The predicted octanol–water partition coefficient (Wildman–Crippen LogP) is 3.47. The zero-order chi connectivity index (χ0) is 14.7. The molecule has 0 N–H and O–H groups in total. The molecule has 108 valence electrons. The van der Waals surface area contributed by atoms with Crippen LogP contribution in [-0.4, -0.2) is 26.2 Å². The number of ether oxygens (including phenoxy) is 1. The Balaban J connectivity index is 1.85. The number of rotatable bonds is 5. The van der Waals surface area contributed by atoms with Gasteiger partial charge in [0.05, 0.1) is 6.61 Å². The zero-order valence-electron chi connectivity index (χ0n) is 11.4. The molecule has 0 spiro atoms. The average Bonchev–Trinajstić information content (AvgIpc) is 2.89. The quantitative estimate of drug-likeness (QED) is 0.532. The molecular formula is C14H13ClN4OS. The van der Waals surface area contributed by atoms with E-state index in [1.54, 1.807) is 22.3 Å². The first kappa shape index (κ1) is 14.2. The number of hydrogen-bond acceptors (Lipinski definition) is 5. The first-order valence-electron chi connectivity index (χ1n) is 6.49. The molecule has 0 aliphatic heterocycles. The number of fused-ring (bicyclic) bond motifs is 1. The number of aromatic nitrogens is 4. The molecule has 0 atom stereocenters. The lowest BCUT2D eigenvalue weighted by atomic mass is 10.2. The van der Waals surface area contributed by atoms with Gasteiger partial charge in [0.25, 0.3) is 0 Å². The molecule has 2 heterocycles. The Morgan fingerprint density at radius 3 is 2.81 bits per heavy atom. The van der Waals surface area contributed by atoms with Gasteiger partial charge >= 0.3 is 6.01 Å². The Bertz CT molecular complexity index is 747. The maximum atomic E-state index is 5.96. The summed E-state index contributed by atoms with van der Waals surface area (Å²) in [5.41, 5.74) is 1.86. The van der Waals surface area contributed by atoms with Crippen molar-refractivity contribution in [3.63, 3.8) is 0 Å². The van der Waals surface area contributed by atoms with E-state index < -0.39 is 0 Å². The molecule has 0 bridgehead atoms. The van der Waals surface area contributed by atoms with Crippen molar-refractivity contribution in [3.05, 3.63) is 47.1 Å². The van der Waals surface area contributed by atoms with Crippen molar-refractivity contribution < 1.29 is 4.74 Å². The third-order valence-corrected chi connectivity index (χ3v) is 3.83. The van der Waals surface area contributed by atoms with E-state index in [0.29, 0.717) is 28.6 Å². The molecule has 2 aromatic heterocycles. The van der Waals surface area contributed by atoms with Crippen molar-refractivity contribution in [3.8, 4) is 6.01 Å². The molecule has 3 rings (SSSR count). The van der Waals surface area contributed by atoms with E-state index in [0.717, 1.165) is 5.75 Å². The molecule has 0 aliphatic rings. The van der Waals surface area contributed by atoms with E-state index in [1.165, 1.54) is 5.56 Å². The van der Waals surface area contributed by atoms with Crippen LogP contribution in [0.3, 0.4) is 0 Å². The minimum absolute atomic E-state index is 0.345. The SMILES string of the molecule is CCOc1nc(Cl)cc2nc(SCc3ccccc3)nn12. The van der Waals surface area contributed by atoms with Crippen LogP contribution in [-0.2, 0) is 5.75 Å². The standard InChI is InChI=1S/C14H13ClN4OS/c1-2-20-14-16-11(15)8-12-17-13(18-19(12)14)21-9-10-6-4-3-5-7-10/h3-8H,2,9H2,1H3. The first-order valence-corrected chi connectivity index (χ1v) is 7.85. The van der Waals surface area contributed by atoms with E-state index in [1.807, 2.05) is 25.1 Å². The summed E-state index contributed by atoms with van der Waals surface area (Å²) in [5.74, 6) is 0.808. The minimum atomic E-state index is 0.345. The smallest absolute Gasteiger partial charge is 0.321 e. The third kappa shape index (κ3) is 3.28. The summed E-state index contributed by atoms with van der Waals surface area (Å²) in [4.78, 5) is 8.56. The Morgan fingerprint density at radius 2 is 2.05 bits per heavy atom. The fraction of sp³-hybridized carbons (Fsp3) is 0.214. The number of nitrogens with zero attached hydrogens (tertiary/aromatic N) is 4. The van der Waals surface area contributed by atoms with Crippen LogP contribution < -0.4 is 4.74 Å². The summed E-state index contributed by atoms with van der Waals surface area (Å²) in [6, 6.07) is 12.2. The van der Waals surface area contributed by atoms with Gasteiger partial charge in [0.2, 0.25) is 5.16 Å². The lowest BCUT2D eigenvalue weighted by molar-refractivity contribution is 0.302. The fourth-order valence-corrected chi connectivity index (χ4v) is 2.78. The second-order valence-electron chi connectivity index (χ2n) is 4.23. The monoisotopic (exact) mass is 320 g/mol. The van der Waals surface area contributed by atoms with Crippen LogP contribution in [0, 0.1) is 0 Å². The Hall–Kier alpha value is -1.79. The molecule has 7 heteroatoms. The number of benzene rings is 1. The molecule has 0 amide bonds. The lowest BCUT2D eigenvalue weighted by Crippen LogP contribution is -2.02. The number of thioether (sulfide) groups is 1. The molecule has 1 aromatic carbocycles. The first-order chi connectivity index (χ1) is 10.3. The van der Waals surface area contributed by atoms with Crippen molar-refractivity contribution in [2.75, 3.05) is 6.61 Å². The zero-order valence-corrected chi connectivity index (χ0v) is 12.9. The maximum absolute atomic E-state index is 5.96. The van der Waals surface area contributed by atoms with Crippen LogP contribution in [0.5, 0.6) is 6.01 Å². The highest BCUT2D eigenvalue weighted by Gasteiger charge is 2.11. The van der Waals surface area contributed by atoms with E-state index in [-0.39, 0.29) is 0 Å². The van der Waals surface area contributed by atoms with Gasteiger partial charge in [0, 0.05) is 11.8 Å². The molecule has 3 aromatic rings. The van der Waals surface area contributed by atoms with Gasteiger partial charge in [-0.25, -0.2) is 4.98 Å². The molecule has 0 unspecified atom stereocenters. The molecule has 0 saturated carbocycles. The molecule has 0 radical (unpaired) electrons. The minimum Gasteiger partial charge on any atom is -0.464 e. The average molecular weight is 321 g/mol. The van der Waals surface area contributed by atoms with Crippen LogP contribution >= 0.6 is 23.4 Å². The van der Waals surface area contributed by atoms with Crippen molar-refractivity contribution in [1.82, 2.24) is 19.6 Å². The Labute approximate surface area is 131 Å². The van der Waals surface area contributed by atoms with Crippen LogP contribution in [0.2, 0.25) is 5.15 Å². The summed E-state index contributed by atoms with van der Waals surface area (Å²) in [6.07, 6.45) is 0. The molecule has 21 heavy (non-hydrogen) atoms. The topological polar surface area (TPSA) is 52.3 Å². The molecule has 5 nitrogen and oxygen atoms in total. The van der Waals surface area contributed by atoms with Crippen LogP contribution in [0.1, 0.15) is 12.5 Å². The maximum Gasteiger partial charge on any atom is 0.321 e. The van der Waals surface area contributed by atoms with Crippen molar-refractivity contribution in [2.24, 2.45) is 0 Å². The van der Waals surface area contributed by atoms with Gasteiger partial charge in [-0.05, 0) is 12.5 Å². The van der Waals surface area contributed by atoms with Crippen molar-refractivity contribution in [1.29, 1.82) is 0 Å². The molecule has 0 saturated heterocycles. The summed E-state index contributed by atoms with van der Waals surface area (Å²) in [7, 11) is 0. The highest BCUT2D eigenvalue weighted by Crippen LogP contribution is 2.23. The number of hydrogen-bond donors (Lipinski definition) is 0. The predicted molar refractivity (Wildman–Crippen MR) is 83.0 cm³/mol. The molecule has 0 fully saturated rings. The summed E-state index contributed by atoms with van der Waals surface area (Å²) >= 11 is 7.53. The fourth-order valence-electron chi connectivity index (χ4n) is 1.82. The van der Waals surface area contributed by atoms with Gasteiger partial charge in [-0.1, -0.05) is 53.7 Å². The van der Waals surface area contributed by atoms with Crippen LogP contribution in [0.4, 0.5) is 0 Å². The second kappa shape index (κ2) is 6.32. The normalized spacial score (nSPS) is 11.0. The Kier molecular flexibility index (Phi) is 4.26. The second-order valence-corrected chi connectivity index (χ2v) is 5.56. The Morgan fingerprint density at radius 1 is 1.24 bits per heavy atom. The van der Waals surface area contributed by atoms with Crippen molar-refractivity contribution >= 4 is 29.0 Å². The lowest BCUT2D eigenvalue weighted by Gasteiger charge is -2.03. The number of halogens is 1. The van der Waals surface area contributed by atoms with Gasteiger partial charge in [-0.15, -0.1) is 5.10 Å². The summed E-state index contributed by atoms with van der Waals surface area (Å²) < 4.78 is 7.00. The van der Waals surface area contributed by atoms with Gasteiger partial charge in [0.15, 0.2) is 5.65 Å².